The summed E-state index contributed by atoms with van der Waals surface area (Å²) in [7, 11) is 5.72. The molecule has 0 radical (unpaired) electrons. The number of methoxy groups -OCH3 is 1. The maximum Gasteiger partial charge on any atom is 0.230 e. The van der Waals surface area contributed by atoms with Gasteiger partial charge in [0.25, 0.3) is 0 Å². The summed E-state index contributed by atoms with van der Waals surface area (Å²) < 4.78 is 5.38. The van der Waals surface area contributed by atoms with Crippen LogP contribution >= 0.6 is 11.3 Å². The van der Waals surface area contributed by atoms with Gasteiger partial charge in [-0.25, -0.2) is 0 Å². The van der Waals surface area contributed by atoms with Crippen molar-refractivity contribution in [2.75, 3.05) is 39.2 Å². The van der Waals surface area contributed by atoms with Gasteiger partial charge in [0.05, 0.1) is 12.0 Å². The molecule has 0 spiro atoms. The van der Waals surface area contributed by atoms with E-state index in [9.17, 15) is 0 Å². The van der Waals surface area contributed by atoms with Gasteiger partial charge in [-0.15, -0.1) is 0 Å². The van der Waals surface area contributed by atoms with E-state index in [0.29, 0.717) is 6.04 Å². The molecule has 1 saturated heterocycles. The predicted molar refractivity (Wildman–Crippen MR) is 82.8 cm³/mol. The van der Waals surface area contributed by atoms with Crippen molar-refractivity contribution in [3.63, 3.8) is 0 Å². The number of ether oxygens (including phenoxy) is 1. The van der Waals surface area contributed by atoms with Gasteiger partial charge in [-0.2, -0.15) is 4.98 Å². The highest BCUT2D eigenvalue weighted by Crippen LogP contribution is 2.32. The van der Waals surface area contributed by atoms with Gasteiger partial charge >= 0.3 is 0 Å². The molecule has 1 atom stereocenters. The number of hydrogen-bond acceptors (Lipinski definition) is 6. The van der Waals surface area contributed by atoms with Crippen molar-refractivity contribution < 1.29 is 4.74 Å². The molecule has 6 heteroatoms. The van der Waals surface area contributed by atoms with Crippen LogP contribution in [0.15, 0.2) is 0 Å². The van der Waals surface area contributed by atoms with Crippen LogP contribution in [0.1, 0.15) is 24.1 Å². The van der Waals surface area contributed by atoms with Gasteiger partial charge in [-0.3, -0.25) is 4.90 Å². The molecule has 2 heterocycles. The average molecular weight is 296 g/mol. The smallest absolute Gasteiger partial charge is 0.230 e. The Morgan fingerprint density at radius 1 is 1.40 bits per heavy atom. The van der Waals surface area contributed by atoms with Crippen molar-refractivity contribution in [1.29, 1.82) is 0 Å². The SMILES string of the molecule is COc1nc(N(C)C)sc1CNC1CCN(C2CC2)C1. The third-order valence-corrected chi connectivity index (χ3v) is 5.26. The second-order valence-corrected chi connectivity index (χ2v) is 6.98. The van der Waals surface area contributed by atoms with E-state index >= 15 is 0 Å². The van der Waals surface area contributed by atoms with Crippen LogP contribution < -0.4 is 15.0 Å². The standard InChI is InChI=1S/C14H24N4OS/c1-17(2)14-16-13(19-3)12(20-14)8-15-10-6-7-18(9-10)11-4-5-11/h10-11,15H,4-9H2,1-3H3. The summed E-state index contributed by atoms with van der Waals surface area (Å²) in [6, 6.07) is 1.50. The molecule has 3 rings (SSSR count). The molecule has 0 bridgehead atoms. The quantitative estimate of drug-likeness (QED) is 0.862. The first-order valence-corrected chi connectivity index (χ1v) is 8.17. The molecule has 5 nitrogen and oxygen atoms in total. The zero-order chi connectivity index (χ0) is 14.1. The third-order valence-electron chi connectivity index (χ3n) is 4.06. The average Bonchev–Trinajstić information content (AvgIpc) is 3.03. The minimum Gasteiger partial charge on any atom is -0.480 e. The van der Waals surface area contributed by atoms with E-state index in [-0.39, 0.29) is 0 Å². The fraction of sp³-hybridized carbons (Fsp3) is 0.786. The van der Waals surface area contributed by atoms with Crippen molar-refractivity contribution in [1.82, 2.24) is 15.2 Å². The van der Waals surface area contributed by atoms with Gasteiger partial charge in [0.15, 0.2) is 5.13 Å². The Bertz CT molecular complexity index is 458. The van der Waals surface area contributed by atoms with E-state index in [1.165, 1.54) is 37.2 Å². The highest BCUT2D eigenvalue weighted by atomic mass is 32.1. The highest BCUT2D eigenvalue weighted by molar-refractivity contribution is 7.15. The summed E-state index contributed by atoms with van der Waals surface area (Å²) >= 11 is 1.71. The molecule has 1 aromatic rings. The van der Waals surface area contributed by atoms with Crippen LogP contribution in [0.2, 0.25) is 0 Å². The molecule has 2 aliphatic rings. The van der Waals surface area contributed by atoms with E-state index in [1.54, 1.807) is 18.4 Å². The first-order valence-electron chi connectivity index (χ1n) is 7.36. The van der Waals surface area contributed by atoms with Gasteiger partial charge < -0.3 is 15.0 Å². The monoisotopic (exact) mass is 296 g/mol. The zero-order valence-electron chi connectivity index (χ0n) is 12.6. The van der Waals surface area contributed by atoms with Crippen molar-refractivity contribution >= 4 is 16.5 Å². The minimum absolute atomic E-state index is 0.616. The van der Waals surface area contributed by atoms with Gasteiger partial charge in [0.2, 0.25) is 5.88 Å². The molecule has 1 saturated carbocycles. The molecule has 1 N–H and O–H groups in total. The normalized spacial score (nSPS) is 23.2. The Hall–Kier alpha value is -0.850. The summed E-state index contributed by atoms with van der Waals surface area (Å²) in [6.07, 6.45) is 4.07. The molecule has 1 aromatic heterocycles. The largest absolute Gasteiger partial charge is 0.480 e. The number of likely N-dealkylation sites (tertiary alicyclic amines) is 1. The number of nitrogens with zero attached hydrogens (tertiary/aromatic N) is 3. The summed E-state index contributed by atoms with van der Waals surface area (Å²) in [6.45, 7) is 3.31. The Morgan fingerprint density at radius 3 is 2.85 bits per heavy atom. The van der Waals surface area contributed by atoms with E-state index < -0.39 is 0 Å². The molecule has 112 valence electrons. The lowest BCUT2D eigenvalue weighted by atomic mass is 10.2. The lowest BCUT2D eigenvalue weighted by molar-refractivity contribution is 0.317. The Labute approximate surface area is 124 Å². The topological polar surface area (TPSA) is 40.6 Å². The first kappa shape index (κ1) is 14.1. The number of aromatic nitrogens is 1. The second kappa shape index (κ2) is 5.87. The van der Waals surface area contributed by atoms with Crippen LogP contribution in [-0.2, 0) is 6.54 Å². The first-order chi connectivity index (χ1) is 9.67. The van der Waals surface area contributed by atoms with Crippen molar-refractivity contribution in [2.45, 2.75) is 37.9 Å². The molecule has 2 fully saturated rings. The van der Waals surface area contributed by atoms with Crippen LogP contribution in [0.25, 0.3) is 0 Å². The van der Waals surface area contributed by atoms with Gasteiger partial charge in [-0.1, -0.05) is 11.3 Å². The summed E-state index contributed by atoms with van der Waals surface area (Å²) in [5, 5.41) is 4.67. The molecular formula is C14H24N4OS. The summed E-state index contributed by atoms with van der Waals surface area (Å²) in [5.74, 6) is 0.767. The van der Waals surface area contributed by atoms with Crippen molar-refractivity contribution in [2.24, 2.45) is 0 Å². The number of rotatable bonds is 6. The summed E-state index contributed by atoms with van der Waals surface area (Å²) in [4.78, 5) is 10.4. The van der Waals surface area contributed by atoms with Crippen molar-refractivity contribution in [3.8, 4) is 5.88 Å². The van der Waals surface area contributed by atoms with E-state index in [1.807, 2.05) is 19.0 Å². The van der Waals surface area contributed by atoms with E-state index in [2.05, 4.69) is 15.2 Å². The van der Waals surface area contributed by atoms with Crippen LogP contribution in [0.3, 0.4) is 0 Å². The fourth-order valence-corrected chi connectivity index (χ4v) is 3.65. The molecule has 20 heavy (non-hydrogen) atoms. The number of hydrogen-bond donors (Lipinski definition) is 1. The van der Waals surface area contributed by atoms with E-state index in [0.717, 1.165) is 23.6 Å². The molecule has 0 aromatic carbocycles. The maximum atomic E-state index is 5.38. The van der Waals surface area contributed by atoms with Crippen LogP contribution in [0.5, 0.6) is 5.88 Å². The molecule has 0 amide bonds. The summed E-state index contributed by atoms with van der Waals surface area (Å²) in [5.41, 5.74) is 0. The molecule has 1 unspecified atom stereocenters. The van der Waals surface area contributed by atoms with Crippen LogP contribution in [-0.4, -0.2) is 56.3 Å². The number of anilines is 1. The number of thiazole rings is 1. The minimum atomic E-state index is 0.616. The van der Waals surface area contributed by atoms with Crippen LogP contribution in [0.4, 0.5) is 5.13 Å². The predicted octanol–water partition coefficient (Wildman–Crippen LogP) is 1.54. The zero-order valence-corrected chi connectivity index (χ0v) is 13.4. The van der Waals surface area contributed by atoms with Crippen molar-refractivity contribution in [3.05, 3.63) is 4.88 Å². The lowest BCUT2D eigenvalue weighted by Crippen LogP contribution is -2.32. The third kappa shape index (κ3) is 3.07. The Morgan fingerprint density at radius 2 is 2.20 bits per heavy atom. The molecule has 1 aliphatic heterocycles. The lowest BCUT2D eigenvalue weighted by Gasteiger charge is -2.15. The fourth-order valence-electron chi connectivity index (χ4n) is 2.75. The highest BCUT2D eigenvalue weighted by Gasteiger charge is 2.34. The number of nitrogens with one attached hydrogen (secondary N) is 1. The van der Waals surface area contributed by atoms with Crippen LogP contribution in [0, 0.1) is 0 Å². The second-order valence-electron chi connectivity index (χ2n) is 5.92. The maximum absolute atomic E-state index is 5.38. The van der Waals surface area contributed by atoms with Gasteiger partial charge in [0.1, 0.15) is 0 Å². The molecular weight excluding hydrogens is 272 g/mol. The van der Waals surface area contributed by atoms with Gasteiger partial charge in [0, 0.05) is 45.8 Å². The van der Waals surface area contributed by atoms with E-state index in [4.69, 9.17) is 4.74 Å². The van der Waals surface area contributed by atoms with Gasteiger partial charge in [-0.05, 0) is 19.3 Å². The Balaban J connectivity index is 1.55. The molecule has 1 aliphatic carbocycles. The Kier molecular flexibility index (Phi) is 4.14.